The lowest BCUT2D eigenvalue weighted by Gasteiger charge is -2.20. The normalized spacial score (nSPS) is 13.2. The molecule has 1 amide bonds. The highest BCUT2D eigenvalue weighted by molar-refractivity contribution is 7.90. The average Bonchev–Trinajstić information content (AvgIpc) is 2.60. The molecule has 0 fully saturated rings. The highest BCUT2D eigenvalue weighted by Crippen LogP contribution is 2.26. The van der Waals surface area contributed by atoms with Crippen LogP contribution in [0.25, 0.3) is 0 Å². The van der Waals surface area contributed by atoms with Crippen molar-refractivity contribution in [2.24, 2.45) is 0 Å². The minimum absolute atomic E-state index is 0.0161. The summed E-state index contributed by atoms with van der Waals surface area (Å²) >= 11 is 6.07. The largest absolute Gasteiger partial charge is 0.324 e. The van der Waals surface area contributed by atoms with Crippen molar-refractivity contribution in [3.63, 3.8) is 0 Å². The molecule has 1 unspecified atom stereocenters. The van der Waals surface area contributed by atoms with Gasteiger partial charge >= 0.3 is 0 Å². The number of anilines is 1. The topological polar surface area (TPSA) is 75.3 Å². The Hall–Kier alpha value is -1.89. The number of benzene rings is 2. The summed E-state index contributed by atoms with van der Waals surface area (Å²) in [5.74, 6) is -0.300. The van der Waals surface area contributed by atoms with Crippen molar-refractivity contribution in [2.45, 2.75) is 44.0 Å². The highest BCUT2D eigenvalue weighted by atomic mass is 35.5. The summed E-state index contributed by atoms with van der Waals surface area (Å²) in [6.45, 7) is 8.55. The molecule has 2 rings (SSSR count). The number of sulfone groups is 1. The van der Waals surface area contributed by atoms with Crippen LogP contribution in [0.5, 0.6) is 0 Å². The lowest BCUT2D eigenvalue weighted by Crippen LogP contribution is -2.30. The highest BCUT2D eigenvalue weighted by Gasteiger charge is 2.15. The zero-order valence-corrected chi connectivity index (χ0v) is 18.4. The molecule has 0 spiro atoms. The van der Waals surface area contributed by atoms with E-state index in [2.05, 4.69) is 55.7 Å². The maximum Gasteiger partial charge on any atom is 0.238 e. The first-order valence-corrected chi connectivity index (χ1v) is 11.3. The van der Waals surface area contributed by atoms with E-state index in [4.69, 9.17) is 11.6 Å². The van der Waals surface area contributed by atoms with Crippen molar-refractivity contribution in [1.82, 2.24) is 5.32 Å². The van der Waals surface area contributed by atoms with Gasteiger partial charge in [-0.25, -0.2) is 8.42 Å². The van der Waals surface area contributed by atoms with Crippen LogP contribution in [0.4, 0.5) is 5.69 Å². The standard InChI is InChI=1S/C21H27ClN2O3S/c1-14(15-6-8-16(9-7-15)21(2,3)4)23-13-20(25)24-19-12-17(28(5,26)27)10-11-18(19)22/h6-12,14,23H,13H2,1-5H3,(H,24,25). The van der Waals surface area contributed by atoms with Gasteiger partial charge in [-0.1, -0.05) is 56.6 Å². The Labute approximate surface area is 172 Å². The molecule has 7 heteroatoms. The van der Waals surface area contributed by atoms with E-state index < -0.39 is 9.84 Å². The van der Waals surface area contributed by atoms with Crippen LogP contribution in [0.1, 0.15) is 44.9 Å². The lowest BCUT2D eigenvalue weighted by atomic mass is 9.86. The van der Waals surface area contributed by atoms with E-state index in [1.54, 1.807) is 0 Å². The Morgan fingerprint density at radius 1 is 1.11 bits per heavy atom. The van der Waals surface area contributed by atoms with Crippen molar-refractivity contribution in [3.8, 4) is 0 Å². The third kappa shape index (κ3) is 6.06. The van der Waals surface area contributed by atoms with Crippen LogP contribution in [0.3, 0.4) is 0 Å². The second kappa shape index (κ2) is 8.64. The third-order valence-electron chi connectivity index (χ3n) is 4.49. The Balaban J connectivity index is 1.99. The van der Waals surface area contributed by atoms with Crippen LogP contribution in [-0.2, 0) is 20.0 Å². The predicted molar refractivity (Wildman–Crippen MR) is 115 cm³/mol. The third-order valence-corrected chi connectivity index (χ3v) is 5.93. The Morgan fingerprint density at radius 2 is 1.71 bits per heavy atom. The van der Waals surface area contributed by atoms with Gasteiger partial charge in [-0.3, -0.25) is 4.79 Å². The first-order valence-electron chi connectivity index (χ1n) is 9.01. The van der Waals surface area contributed by atoms with Crippen molar-refractivity contribution >= 4 is 33.0 Å². The molecule has 2 N–H and O–H groups in total. The van der Waals surface area contributed by atoms with E-state index in [0.717, 1.165) is 11.8 Å². The van der Waals surface area contributed by atoms with Gasteiger partial charge in [0.1, 0.15) is 0 Å². The van der Waals surface area contributed by atoms with E-state index in [1.807, 2.05) is 6.92 Å². The molecule has 0 heterocycles. The summed E-state index contributed by atoms with van der Waals surface area (Å²) in [4.78, 5) is 12.4. The molecule has 1 atom stereocenters. The minimum Gasteiger partial charge on any atom is -0.324 e. The number of nitrogens with one attached hydrogen (secondary N) is 2. The molecule has 0 bridgehead atoms. The van der Waals surface area contributed by atoms with Crippen LogP contribution in [-0.4, -0.2) is 27.1 Å². The first kappa shape index (κ1) is 22.4. The van der Waals surface area contributed by atoms with E-state index in [9.17, 15) is 13.2 Å². The summed E-state index contributed by atoms with van der Waals surface area (Å²) in [5.41, 5.74) is 2.70. The molecule has 0 aliphatic rings. The molecule has 2 aromatic carbocycles. The summed E-state index contributed by atoms with van der Waals surface area (Å²) in [5, 5.41) is 6.11. The number of amides is 1. The lowest BCUT2D eigenvalue weighted by molar-refractivity contribution is -0.115. The van der Waals surface area contributed by atoms with Crippen LogP contribution in [0.15, 0.2) is 47.4 Å². The maximum atomic E-state index is 12.3. The van der Waals surface area contributed by atoms with Gasteiger partial charge in [0, 0.05) is 12.3 Å². The summed E-state index contributed by atoms with van der Waals surface area (Å²) in [6.07, 6.45) is 1.11. The van der Waals surface area contributed by atoms with E-state index in [-0.39, 0.29) is 39.5 Å². The van der Waals surface area contributed by atoms with E-state index in [0.29, 0.717) is 0 Å². The molecule has 0 aromatic heterocycles. The molecular formula is C21H27ClN2O3S. The molecule has 5 nitrogen and oxygen atoms in total. The van der Waals surface area contributed by atoms with Crippen molar-refractivity contribution in [1.29, 1.82) is 0 Å². The molecule has 0 saturated carbocycles. The molecule has 0 saturated heterocycles. The monoisotopic (exact) mass is 422 g/mol. The van der Waals surface area contributed by atoms with Crippen LogP contribution in [0, 0.1) is 0 Å². The first-order chi connectivity index (χ1) is 12.9. The number of carbonyl (C=O) groups is 1. The quantitative estimate of drug-likeness (QED) is 0.726. The number of hydrogen-bond acceptors (Lipinski definition) is 4. The fourth-order valence-corrected chi connectivity index (χ4v) is 3.47. The van der Waals surface area contributed by atoms with Gasteiger partial charge in [-0.05, 0) is 41.7 Å². The molecular weight excluding hydrogens is 396 g/mol. The summed E-state index contributed by atoms with van der Waals surface area (Å²) in [7, 11) is -3.38. The van der Waals surface area contributed by atoms with Crippen molar-refractivity contribution in [3.05, 3.63) is 58.6 Å². The van der Waals surface area contributed by atoms with Gasteiger partial charge in [-0.15, -0.1) is 0 Å². The fraction of sp³-hybridized carbons (Fsp3) is 0.381. The predicted octanol–water partition coefficient (Wildman–Crippen LogP) is 4.33. The minimum atomic E-state index is -3.38. The van der Waals surface area contributed by atoms with E-state index in [1.165, 1.54) is 23.8 Å². The van der Waals surface area contributed by atoms with Crippen molar-refractivity contribution in [2.75, 3.05) is 18.1 Å². The smallest absolute Gasteiger partial charge is 0.238 e. The number of hydrogen-bond donors (Lipinski definition) is 2. The Kier molecular flexibility index (Phi) is 6.91. The van der Waals surface area contributed by atoms with E-state index >= 15 is 0 Å². The molecule has 0 radical (unpaired) electrons. The average molecular weight is 423 g/mol. The summed E-state index contributed by atoms with van der Waals surface area (Å²) in [6, 6.07) is 12.5. The molecule has 0 aliphatic carbocycles. The zero-order valence-electron chi connectivity index (χ0n) is 16.8. The Morgan fingerprint density at radius 3 is 2.25 bits per heavy atom. The number of halogens is 1. The van der Waals surface area contributed by atoms with Gasteiger partial charge in [0.05, 0.1) is 22.2 Å². The van der Waals surface area contributed by atoms with Crippen molar-refractivity contribution < 1.29 is 13.2 Å². The van der Waals surface area contributed by atoms with Crippen LogP contribution in [0.2, 0.25) is 5.02 Å². The molecule has 0 aliphatic heterocycles. The fourth-order valence-electron chi connectivity index (χ4n) is 2.66. The number of rotatable bonds is 6. The van der Waals surface area contributed by atoms with Gasteiger partial charge in [0.15, 0.2) is 9.84 Å². The SMILES string of the molecule is CC(NCC(=O)Nc1cc(S(C)(=O)=O)ccc1Cl)c1ccc(C(C)(C)C)cc1. The van der Waals surface area contributed by atoms with Gasteiger partial charge in [-0.2, -0.15) is 0 Å². The zero-order chi connectivity index (χ0) is 21.1. The second-order valence-corrected chi connectivity index (χ2v) is 10.4. The van der Waals surface area contributed by atoms with Crippen LogP contribution >= 0.6 is 11.6 Å². The van der Waals surface area contributed by atoms with Gasteiger partial charge < -0.3 is 10.6 Å². The Bertz CT molecular complexity index is 949. The van der Waals surface area contributed by atoms with Gasteiger partial charge in [0.25, 0.3) is 0 Å². The van der Waals surface area contributed by atoms with Gasteiger partial charge in [0.2, 0.25) is 5.91 Å². The molecule has 28 heavy (non-hydrogen) atoms. The molecule has 152 valence electrons. The maximum absolute atomic E-state index is 12.3. The molecule has 2 aromatic rings. The second-order valence-electron chi connectivity index (χ2n) is 7.94. The van der Waals surface area contributed by atoms with Crippen LogP contribution < -0.4 is 10.6 Å². The number of carbonyl (C=O) groups excluding carboxylic acids is 1. The summed E-state index contributed by atoms with van der Waals surface area (Å²) < 4.78 is 23.3.